The van der Waals surface area contributed by atoms with Gasteiger partial charge in [-0.05, 0) is 44.5 Å². The lowest BCUT2D eigenvalue weighted by Crippen LogP contribution is -1.90. The summed E-state index contributed by atoms with van der Waals surface area (Å²) >= 11 is 0. The molecule has 0 aliphatic rings. The third kappa shape index (κ3) is 1.38. The normalized spacial score (nSPS) is 11.9. The van der Waals surface area contributed by atoms with Crippen LogP contribution in [0.1, 0.15) is 0 Å². The van der Waals surface area contributed by atoms with Crippen LogP contribution in [0, 0.1) is 0 Å². The molecule has 5 aromatic rings. The van der Waals surface area contributed by atoms with Crippen molar-refractivity contribution < 1.29 is 4.74 Å². The number of fused-ring (bicyclic) bond motifs is 2. The molecule has 0 saturated carbocycles. The van der Waals surface area contributed by atoms with E-state index in [4.69, 9.17) is 4.74 Å². The zero-order valence-electron chi connectivity index (χ0n) is 12.3. The first-order valence-electron chi connectivity index (χ1n) is 7.50. The predicted octanol–water partition coefficient (Wildman–Crippen LogP) is 5.75. The van der Waals surface area contributed by atoms with Gasteiger partial charge in [-0.25, -0.2) is 0 Å². The summed E-state index contributed by atoms with van der Waals surface area (Å²) in [5.74, 6) is 0.945. The molecule has 0 aliphatic heterocycles. The van der Waals surface area contributed by atoms with Gasteiger partial charge in [-0.3, -0.25) is 0 Å². The van der Waals surface area contributed by atoms with Gasteiger partial charge in [-0.2, -0.15) is 0 Å². The van der Waals surface area contributed by atoms with Gasteiger partial charge in [0.25, 0.3) is 0 Å². The van der Waals surface area contributed by atoms with Crippen LogP contribution < -0.4 is 4.74 Å². The first-order valence-corrected chi connectivity index (χ1v) is 7.50. The minimum Gasteiger partial charge on any atom is -0.496 e. The summed E-state index contributed by atoms with van der Waals surface area (Å²) in [4.78, 5) is 0. The van der Waals surface area contributed by atoms with Gasteiger partial charge in [0.2, 0.25) is 0 Å². The monoisotopic (exact) mass is 282 g/mol. The Hall–Kier alpha value is -2.80. The Morgan fingerprint density at radius 3 is 2.27 bits per heavy atom. The average molecular weight is 282 g/mol. The van der Waals surface area contributed by atoms with Crippen molar-refractivity contribution in [3.63, 3.8) is 0 Å². The minimum absolute atomic E-state index is 0.945. The second-order valence-corrected chi connectivity index (χ2v) is 5.79. The molecule has 22 heavy (non-hydrogen) atoms. The van der Waals surface area contributed by atoms with Gasteiger partial charge in [0, 0.05) is 10.8 Å². The molecule has 0 fully saturated rings. The molecular formula is C21H14O. The molecule has 104 valence electrons. The van der Waals surface area contributed by atoms with Crippen LogP contribution in [0.3, 0.4) is 0 Å². The van der Waals surface area contributed by atoms with Gasteiger partial charge in [0.1, 0.15) is 5.75 Å². The second kappa shape index (κ2) is 4.11. The molecule has 5 rings (SSSR count). The van der Waals surface area contributed by atoms with E-state index >= 15 is 0 Å². The van der Waals surface area contributed by atoms with Crippen LogP contribution in [-0.4, -0.2) is 7.11 Å². The van der Waals surface area contributed by atoms with E-state index in [1.54, 1.807) is 7.11 Å². The smallest absolute Gasteiger partial charge is 0.127 e. The second-order valence-electron chi connectivity index (χ2n) is 5.79. The fraction of sp³-hybridized carbons (Fsp3) is 0.0476. The van der Waals surface area contributed by atoms with Crippen LogP contribution in [0.15, 0.2) is 66.7 Å². The van der Waals surface area contributed by atoms with Crippen LogP contribution >= 0.6 is 0 Å². The maximum absolute atomic E-state index is 5.64. The molecule has 1 heteroatoms. The molecule has 0 saturated heterocycles. The summed E-state index contributed by atoms with van der Waals surface area (Å²) in [6.07, 6.45) is 0. The third-order valence-corrected chi connectivity index (χ3v) is 4.67. The third-order valence-electron chi connectivity index (χ3n) is 4.67. The Morgan fingerprint density at radius 1 is 0.591 bits per heavy atom. The van der Waals surface area contributed by atoms with E-state index in [2.05, 4.69) is 66.7 Å². The highest BCUT2D eigenvalue weighted by Gasteiger charge is 2.13. The standard InChI is InChI=1S/C21H14O/c1-22-19-12-15-11-14-5-2-3-7-16(14)17-10-9-13-6-4-8-18(19)20(13)21(15)17/h2-12H,1H3. The van der Waals surface area contributed by atoms with Crippen molar-refractivity contribution in [2.45, 2.75) is 0 Å². The Bertz CT molecular complexity index is 1150. The molecule has 5 aromatic carbocycles. The molecule has 0 amide bonds. The summed E-state index contributed by atoms with van der Waals surface area (Å²) in [5, 5.41) is 10.3. The highest BCUT2D eigenvalue weighted by Crippen LogP contribution is 2.42. The Morgan fingerprint density at radius 2 is 1.36 bits per heavy atom. The largest absolute Gasteiger partial charge is 0.496 e. The number of hydrogen-bond acceptors (Lipinski definition) is 1. The van der Waals surface area contributed by atoms with Crippen LogP contribution in [-0.2, 0) is 0 Å². The number of methoxy groups -OCH3 is 1. The highest BCUT2D eigenvalue weighted by molar-refractivity contribution is 6.29. The molecule has 0 unspecified atom stereocenters. The summed E-state index contributed by atoms with van der Waals surface area (Å²) < 4.78 is 5.64. The average Bonchev–Trinajstić information content (AvgIpc) is 2.58. The first kappa shape index (κ1) is 11.8. The van der Waals surface area contributed by atoms with Gasteiger partial charge >= 0.3 is 0 Å². The Balaban J connectivity index is 2.19. The lowest BCUT2D eigenvalue weighted by Gasteiger charge is -2.15. The molecule has 1 nitrogen and oxygen atoms in total. The Labute approximate surface area is 128 Å². The molecule has 0 heterocycles. The first-order chi connectivity index (χ1) is 10.9. The van der Waals surface area contributed by atoms with Crippen molar-refractivity contribution in [1.29, 1.82) is 0 Å². The number of hydrogen-bond donors (Lipinski definition) is 0. The van der Waals surface area contributed by atoms with E-state index in [9.17, 15) is 0 Å². The summed E-state index contributed by atoms with van der Waals surface area (Å²) in [5.41, 5.74) is 0. The van der Waals surface area contributed by atoms with Crippen molar-refractivity contribution in [3.8, 4) is 5.75 Å². The molecule has 0 radical (unpaired) electrons. The van der Waals surface area contributed by atoms with Crippen molar-refractivity contribution in [3.05, 3.63) is 66.7 Å². The summed E-state index contributed by atoms with van der Waals surface area (Å²) in [7, 11) is 1.75. The minimum atomic E-state index is 0.945. The fourth-order valence-electron chi connectivity index (χ4n) is 3.72. The zero-order chi connectivity index (χ0) is 14.7. The van der Waals surface area contributed by atoms with Crippen molar-refractivity contribution in [1.82, 2.24) is 0 Å². The number of rotatable bonds is 1. The quantitative estimate of drug-likeness (QED) is 0.281. The van der Waals surface area contributed by atoms with E-state index in [0.29, 0.717) is 0 Å². The van der Waals surface area contributed by atoms with Gasteiger partial charge < -0.3 is 4.74 Å². The molecule has 0 bridgehead atoms. The molecule has 0 aliphatic carbocycles. The molecule has 0 aromatic heterocycles. The fourth-order valence-corrected chi connectivity index (χ4v) is 3.72. The van der Waals surface area contributed by atoms with E-state index in [1.165, 1.54) is 43.1 Å². The molecule has 0 atom stereocenters. The lowest BCUT2D eigenvalue weighted by atomic mass is 9.90. The predicted molar refractivity (Wildman–Crippen MR) is 94.2 cm³/mol. The van der Waals surface area contributed by atoms with Crippen LogP contribution in [0.25, 0.3) is 43.1 Å². The van der Waals surface area contributed by atoms with E-state index in [1.807, 2.05) is 0 Å². The van der Waals surface area contributed by atoms with Gasteiger partial charge in [-0.15, -0.1) is 0 Å². The van der Waals surface area contributed by atoms with E-state index < -0.39 is 0 Å². The molecule has 0 spiro atoms. The van der Waals surface area contributed by atoms with Crippen LogP contribution in [0.5, 0.6) is 5.75 Å². The van der Waals surface area contributed by atoms with Crippen molar-refractivity contribution in [2.75, 3.05) is 7.11 Å². The van der Waals surface area contributed by atoms with Crippen molar-refractivity contribution >= 4 is 43.1 Å². The number of benzene rings is 5. The van der Waals surface area contributed by atoms with Gasteiger partial charge in [0.05, 0.1) is 7.11 Å². The topological polar surface area (TPSA) is 9.23 Å². The summed E-state index contributed by atoms with van der Waals surface area (Å²) in [6.45, 7) is 0. The SMILES string of the molecule is COc1cc2cc3ccccc3c3ccc4cccc1c4c23. The van der Waals surface area contributed by atoms with E-state index in [0.717, 1.165) is 5.75 Å². The van der Waals surface area contributed by atoms with Gasteiger partial charge in [0.15, 0.2) is 0 Å². The molecule has 0 N–H and O–H groups in total. The van der Waals surface area contributed by atoms with Crippen LogP contribution in [0.4, 0.5) is 0 Å². The van der Waals surface area contributed by atoms with Crippen molar-refractivity contribution in [2.24, 2.45) is 0 Å². The maximum atomic E-state index is 5.64. The maximum Gasteiger partial charge on any atom is 0.127 e. The Kier molecular flexibility index (Phi) is 2.21. The number of ether oxygens (including phenoxy) is 1. The highest BCUT2D eigenvalue weighted by atomic mass is 16.5. The zero-order valence-corrected chi connectivity index (χ0v) is 12.3. The van der Waals surface area contributed by atoms with Crippen LogP contribution in [0.2, 0.25) is 0 Å². The van der Waals surface area contributed by atoms with Gasteiger partial charge in [-0.1, -0.05) is 54.6 Å². The summed E-state index contributed by atoms with van der Waals surface area (Å²) in [6, 6.07) is 23.9. The lowest BCUT2D eigenvalue weighted by molar-refractivity contribution is 0.420. The van der Waals surface area contributed by atoms with E-state index in [-0.39, 0.29) is 0 Å². The molecular weight excluding hydrogens is 268 g/mol.